The number of amides is 1. The number of hydrogen-bond acceptors (Lipinski definition) is 4. The largest absolute Gasteiger partial charge is 0.381 e. The maximum atomic E-state index is 12.7. The van der Waals surface area contributed by atoms with E-state index in [2.05, 4.69) is 26.1 Å². The van der Waals surface area contributed by atoms with Crippen molar-refractivity contribution in [1.29, 1.82) is 0 Å². The van der Waals surface area contributed by atoms with Crippen LogP contribution in [-0.2, 0) is 14.3 Å². The van der Waals surface area contributed by atoms with Gasteiger partial charge in [-0.05, 0) is 26.2 Å². The van der Waals surface area contributed by atoms with Gasteiger partial charge < -0.3 is 20.5 Å². The van der Waals surface area contributed by atoms with Gasteiger partial charge >= 0.3 is 0 Å². The van der Waals surface area contributed by atoms with E-state index >= 15 is 0 Å². The molecule has 0 spiro atoms. The number of rotatable bonds is 4. The number of hydrogen-bond donors (Lipinski definition) is 2. The summed E-state index contributed by atoms with van der Waals surface area (Å²) < 4.78 is 11.0. The maximum absolute atomic E-state index is 12.7. The third-order valence-corrected chi connectivity index (χ3v) is 5.91. The highest BCUT2D eigenvalue weighted by Gasteiger charge is 2.59. The molecule has 0 radical (unpaired) electrons. The molecule has 2 fully saturated rings. The van der Waals surface area contributed by atoms with Crippen LogP contribution in [0.2, 0.25) is 0 Å². The molecule has 1 aliphatic carbocycles. The van der Waals surface area contributed by atoms with Gasteiger partial charge in [0.05, 0.1) is 11.0 Å². The van der Waals surface area contributed by atoms with Crippen LogP contribution in [0, 0.1) is 10.8 Å². The lowest BCUT2D eigenvalue weighted by atomic mass is 9.55. The minimum atomic E-state index is -0.451. The molecule has 1 saturated carbocycles. The van der Waals surface area contributed by atoms with Crippen molar-refractivity contribution in [2.24, 2.45) is 16.6 Å². The van der Waals surface area contributed by atoms with E-state index in [1.54, 1.807) is 7.11 Å². The summed E-state index contributed by atoms with van der Waals surface area (Å²) in [7, 11) is 1.74. The lowest BCUT2D eigenvalue weighted by molar-refractivity contribution is -0.185. The number of methoxy groups -OCH3 is 1. The first-order valence-corrected chi connectivity index (χ1v) is 7.45. The van der Waals surface area contributed by atoms with E-state index in [0.29, 0.717) is 32.6 Å². The van der Waals surface area contributed by atoms with Crippen molar-refractivity contribution in [3.8, 4) is 0 Å². The molecule has 0 aromatic rings. The first kappa shape index (κ1) is 15.7. The van der Waals surface area contributed by atoms with Gasteiger partial charge in [-0.25, -0.2) is 0 Å². The molecule has 2 atom stereocenters. The number of nitrogens with one attached hydrogen (secondary N) is 1. The molecule has 2 rings (SSSR count). The standard InChI is InChI=1S/C15H28N2O3/c1-13(2)11(9-14(13,3)19-4)17-12(18)15(10-16)5-7-20-8-6-15/h11H,5-10,16H2,1-4H3,(H,17,18). The Bertz CT molecular complexity index is 377. The Hall–Kier alpha value is -0.650. The lowest BCUT2D eigenvalue weighted by Gasteiger charge is -2.59. The Morgan fingerprint density at radius 2 is 1.95 bits per heavy atom. The molecular formula is C15H28N2O3. The Morgan fingerprint density at radius 3 is 2.40 bits per heavy atom. The first-order chi connectivity index (χ1) is 9.31. The third-order valence-electron chi connectivity index (χ3n) is 5.91. The minimum Gasteiger partial charge on any atom is -0.381 e. The molecule has 0 aromatic heterocycles. The Labute approximate surface area is 121 Å². The zero-order valence-corrected chi connectivity index (χ0v) is 13.1. The van der Waals surface area contributed by atoms with Gasteiger partial charge in [-0.15, -0.1) is 0 Å². The van der Waals surface area contributed by atoms with E-state index in [1.807, 2.05) is 0 Å². The highest BCUT2D eigenvalue weighted by molar-refractivity contribution is 5.83. The van der Waals surface area contributed by atoms with Gasteiger partial charge in [0.2, 0.25) is 5.91 Å². The molecule has 116 valence electrons. The Kier molecular flexibility index (Phi) is 4.15. The van der Waals surface area contributed by atoms with Crippen LogP contribution in [0.4, 0.5) is 0 Å². The van der Waals surface area contributed by atoms with Crippen molar-refractivity contribution in [1.82, 2.24) is 5.32 Å². The van der Waals surface area contributed by atoms with E-state index in [0.717, 1.165) is 6.42 Å². The average molecular weight is 284 g/mol. The van der Waals surface area contributed by atoms with Crippen LogP contribution >= 0.6 is 0 Å². The fourth-order valence-corrected chi connectivity index (χ4v) is 3.32. The molecule has 1 amide bonds. The topological polar surface area (TPSA) is 73.6 Å². The van der Waals surface area contributed by atoms with Gasteiger partial charge in [-0.2, -0.15) is 0 Å². The number of carbonyl (C=O) groups excluding carboxylic acids is 1. The van der Waals surface area contributed by atoms with Crippen molar-refractivity contribution >= 4 is 5.91 Å². The summed E-state index contributed by atoms with van der Waals surface area (Å²) in [6, 6.07) is 0.145. The van der Waals surface area contributed by atoms with Crippen LogP contribution in [0.25, 0.3) is 0 Å². The molecule has 20 heavy (non-hydrogen) atoms. The van der Waals surface area contributed by atoms with Crippen LogP contribution in [0.15, 0.2) is 0 Å². The number of nitrogens with two attached hydrogens (primary N) is 1. The molecule has 5 heteroatoms. The van der Waals surface area contributed by atoms with Crippen LogP contribution in [-0.4, -0.2) is 44.4 Å². The minimum absolute atomic E-state index is 0.0711. The Morgan fingerprint density at radius 1 is 1.35 bits per heavy atom. The summed E-state index contributed by atoms with van der Waals surface area (Å²) in [6.45, 7) is 8.01. The summed E-state index contributed by atoms with van der Waals surface area (Å²) in [5.41, 5.74) is 5.19. The number of ether oxygens (including phenoxy) is 2. The molecule has 0 aromatic carbocycles. The molecule has 5 nitrogen and oxygen atoms in total. The van der Waals surface area contributed by atoms with Crippen molar-refractivity contribution in [2.45, 2.75) is 51.7 Å². The fraction of sp³-hybridized carbons (Fsp3) is 0.933. The molecule has 1 heterocycles. The van der Waals surface area contributed by atoms with Crippen molar-refractivity contribution < 1.29 is 14.3 Å². The van der Waals surface area contributed by atoms with Gasteiger partial charge in [0.1, 0.15) is 0 Å². The molecule has 2 unspecified atom stereocenters. The third kappa shape index (κ3) is 2.26. The first-order valence-electron chi connectivity index (χ1n) is 7.45. The molecule has 2 aliphatic rings. The molecule has 3 N–H and O–H groups in total. The summed E-state index contributed by atoms with van der Waals surface area (Å²) in [6.07, 6.45) is 2.27. The molecule has 1 aliphatic heterocycles. The molecular weight excluding hydrogens is 256 g/mol. The van der Waals surface area contributed by atoms with Crippen LogP contribution in [0.1, 0.15) is 40.0 Å². The van der Waals surface area contributed by atoms with Gasteiger partial charge in [0, 0.05) is 38.3 Å². The average Bonchev–Trinajstić information content (AvgIpc) is 2.46. The molecule has 0 bridgehead atoms. The maximum Gasteiger partial charge on any atom is 0.227 e. The summed E-state index contributed by atoms with van der Waals surface area (Å²) >= 11 is 0. The quantitative estimate of drug-likeness (QED) is 0.809. The molecule has 1 saturated heterocycles. The van der Waals surface area contributed by atoms with E-state index in [4.69, 9.17) is 15.2 Å². The SMILES string of the molecule is COC1(C)CC(NC(=O)C2(CN)CCOCC2)C1(C)C. The smallest absolute Gasteiger partial charge is 0.227 e. The summed E-state index contributed by atoms with van der Waals surface area (Å²) in [4.78, 5) is 12.7. The summed E-state index contributed by atoms with van der Waals surface area (Å²) in [5, 5.41) is 3.20. The van der Waals surface area contributed by atoms with E-state index < -0.39 is 5.41 Å². The second-order valence-electron chi connectivity index (χ2n) is 6.98. The van der Waals surface area contributed by atoms with Crippen molar-refractivity contribution in [3.05, 3.63) is 0 Å². The Balaban J connectivity index is 2.02. The fourth-order valence-electron chi connectivity index (χ4n) is 3.32. The second kappa shape index (κ2) is 5.28. The van der Waals surface area contributed by atoms with Crippen molar-refractivity contribution in [3.63, 3.8) is 0 Å². The van der Waals surface area contributed by atoms with Crippen LogP contribution in [0.3, 0.4) is 0 Å². The zero-order chi connectivity index (χ0) is 15.0. The highest BCUT2D eigenvalue weighted by atomic mass is 16.5. The second-order valence-corrected chi connectivity index (χ2v) is 6.98. The van der Waals surface area contributed by atoms with Gasteiger partial charge in [0.15, 0.2) is 0 Å². The van der Waals surface area contributed by atoms with E-state index in [9.17, 15) is 4.79 Å². The van der Waals surface area contributed by atoms with Gasteiger partial charge in [-0.1, -0.05) is 13.8 Å². The monoisotopic (exact) mass is 284 g/mol. The van der Waals surface area contributed by atoms with E-state index in [1.165, 1.54) is 0 Å². The lowest BCUT2D eigenvalue weighted by Crippen LogP contribution is -2.70. The predicted octanol–water partition coefficient (Wildman–Crippen LogP) is 1.06. The van der Waals surface area contributed by atoms with Crippen molar-refractivity contribution in [2.75, 3.05) is 26.9 Å². The van der Waals surface area contributed by atoms with Gasteiger partial charge in [-0.3, -0.25) is 4.79 Å². The number of carbonyl (C=O) groups is 1. The van der Waals surface area contributed by atoms with Gasteiger partial charge in [0.25, 0.3) is 0 Å². The predicted molar refractivity (Wildman–Crippen MR) is 77.3 cm³/mol. The van der Waals surface area contributed by atoms with Crippen LogP contribution < -0.4 is 11.1 Å². The van der Waals surface area contributed by atoms with E-state index in [-0.39, 0.29) is 23.0 Å². The van der Waals surface area contributed by atoms with Crippen LogP contribution in [0.5, 0.6) is 0 Å². The highest BCUT2D eigenvalue weighted by Crippen LogP contribution is 2.51. The summed E-state index contributed by atoms with van der Waals surface area (Å²) in [5.74, 6) is 0.0829. The normalized spacial score (nSPS) is 35.1. The zero-order valence-electron chi connectivity index (χ0n) is 13.1.